The molecule has 1 atom stereocenters. The average molecular weight is 487 g/mol. The summed E-state index contributed by atoms with van der Waals surface area (Å²) >= 11 is 0. The number of carbonyl (C=O) groups excluding carboxylic acids is 1. The highest BCUT2D eigenvalue weighted by atomic mass is 16.5. The molecule has 1 aliphatic carbocycles. The first kappa shape index (κ1) is 24.1. The molecule has 2 aromatic rings. The summed E-state index contributed by atoms with van der Waals surface area (Å²) in [5, 5.41) is 8.87. The van der Waals surface area contributed by atoms with Crippen LogP contribution in [-0.2, 0) is 11.2 Å². The van der Waals surface area contributed by atoms with E-state index in [-0.39, 0.29) is 18.0 Å². The van der Waals surface area contributed by atoms with Gasteiger partial charge in [0.25, 0.3) is 0 Å². The van der Waals surface area contributed by atoms with Crippen molar-refractivity contribution in [1.29, 1.82) is 5.26 Å². The Kier molecular flexibility index (Phi) is 6.59. The maximum absolute atomic E-state index is 14.1. The zero-order chi connectivity index (χ0) is 25.3. The van der Waals surface area contributed by atoms with Crippen LogP contribution in [0, 0.1) is 11.5 Å². The average Bonchev–Trinajstić information content (AvgIpc) is 3.74. The van der Waals surface area contributed by atoms with Gasteiger partial charge in [-0.15, -0.1) is 4.99 Å². The highest BCUT2D eigenvalue weighted by Gasteiger charge is 2.56. The number of hydrogen-bond donors (Lipinski definition) is 1. The van der Waals surface area contributed by atoms with Crippen molar-refractivity contribution in [2.24, 2.45) is 10.7 Å². The lowest BCUT2D eigenvalue weighted by molar-refractivity contribution is -0.135. The van der Waals surface area contributed by atoms with Crippen LogP contribution in [0.5, 0.6) is 5.75 Å². The summed E-state index contributed by atoms with van der Waals surface area (Å²) in [5.74, 6) is 1.92. The van der Waals surface area contributed by atoms with Crippen LogP contribution in [0.25, 0.3) is 0 Å². The van der Waals surface area contributed by atoms with E-state index in [4.69, 9.17) is 15.7 Å². The molecule has 0 bridgehead atoms. The SMILES string of the molecule is COc1ccc(CCN2C(=O)C3(CCN(C(N)=NC#N)CC3)N(C)C2c2ccc(C3CC3)cc2)cc1. The molecule has 3 aliphatic rings. The van der Waals surface area contributed by atoms with Gasteiger partial charge in [-0.1, -0.05) is 36.4 Å². The number of guanidine groups is 1. The normalized spacial score (nSPS) is 22.2. The van der Waals surface area contributed by atoms with E-state index in [0.717, 1.165) is 17.7 Å². The Labute approximate surface area is 212 Å². The van der Waals surface area contributed by atoms with E-state index < -0.39 is 5.54 Å². The topological polar surface area (TPSA) is 98.2 Å². The van der Waals surface area contributed by atoms with Gasteiger partial charge in [-0.05, 0) is 73.9 Å². The Hall–Kier alpha value is -3.57. The summed E-state index contributed by atoms with van der Waals surface area (Å²) in [6.07, 6.45) is 6.23. The molecule has 8 heteroatoms. The van der Waals surface area contributed by atoms with Crippen LogP contribution in [0.15, 0.2) is 53.5 Å². The van der Waals surface area contributed by atoms with E-state index in [1.165, 1.54) is 24.0 Å². The lowest BCUT2D eigenvalue weighted by Crippen LogP contribution is -2.57. The first-order valence-corrected chi connectivity index (χ1v) is 12.7. The standard InChI is InChI=1S/C28H34N6O2/c1-32-25(23-9-7-22(8-10-23)21-5-6-21)34(16-13-20-3-11-24(36-2)12-4-20)26(35)28(32)14-17-33(18-15-28)27(30)31-19-29/h3-4,7-12,21,25H,5-6,13-18H2,1-2H3,(H2,30,31). The minimum absolute atomic E-state index is 0.124. The fourth-order valence-electron chi connectivity index (χ4n) is 5.79. The molecule has 2 N–H and O–H groups in total. The van der Waals surface area contributed by atoms with Gasteiger partial charge in [-0.25, -0.2) is 0 Å². The zero-order valence-electron chi connectivity index (χ0n) is 21.1. The second-order valence-corrected chi connectivity index (χ2v) is 10.1. The predicted molar refractivity (Wildman–Crippen MR) is 138 cm³/mol. The van der Waals surface area contributed by atoms with E-state index >= 15 is 0 Å². The summed E-state index contributed by atoms with van der Waals surface area (Å²) in [4.78, 5) is 24.0. The van der Waals surface area contributed by atoms with E-state index in [9.17, 15) is 4.79 Å². The third-order valence-electron chi connectivity index (χ3n) is 8.16. The summed E-state index contributed by atoms with van der Waals surface area (Å²) < 4.78 is 5.29. The predicted octanol–water partition coefficient (Wildman–Crippen LogP) is 3.22. The van der Waals surface area contributed by atoms with Gasteiger partial charge >= 0.3 is 0 Å². The quantitative estimate of drug-likeness (QED) is 0.383. The molecule has 0 radical (unpaired) electrons. The second kappa shape index (κ2) is 9.82. The van der Waals surface area contributed by atoms with Crippen molar-refractivity contribution < 1.29 is 9.53 Å². The Bertz CT molecular complexity index is 1160. The number of ether oxygens (including phenoxy) is 1. The van der Waals surface area contributed by atoms with Crippen molar-refractivity contribution in [3.8, 4) is 11.9 Å². The number of piperidine rings is 1. The highest BCUT2D eigenvalue weighted by Crippen LogP contribution is 2.46. The molecule has 2 aliphatic heterocycles. The molecule has 0 aromatic heterocycles. The number of rotatable bonds is 6. The fraction of sp³-hybridized carbons (Fsp3) is 0.464. The van der Waals surface area contributed by atoms with Crippen molar-refractivity contribution in [3.05, 3.63) is 65.2 Å². The number of amides is 1. The molecule has 2 aromatic carbocycles. The third kappa shape index (κ3) is 4.40. The molecule has 5 rings (SSSR count). The van der Waals surface area contributed by atoms with Gasteiger partial charge in [0.05, 0.1) is 7.11 Å². The van der Waals surface area contributed by atoms with Crippen LogP contribution in [0.4, 0.5) is 0 Å². The first-order chi connectivity index (χ1) is 17.5. The van der Waals surface area contributed by atoms with E-state index in [2.05, 4.69) is 58.2 Å². The van der Waals surface area contributed by atoms with E-state index in [1.54, 1.807) is 13.3 Å². The number of aliphatic imine (C=N–C) groups is 1. The van der Waals surface area contributed by atoms with Crippen molar-refractivity contribution in [3.63, 3.8) is 0 Å². The van der Waals surface area contributed by atoms with Gasteiger partial charge in [0.15, 0.2) is 0 Å². The minimum Gasteiger partial charge on any atom is -0.497 e. The summed E-state index contributed by atoms with van der Waals surface area (Å²) in [7, 11) is 3.74. The first-order valence-electron chi connectivity index (χ1n) is 12.7. The lowest BCUT2D eigenvalue weighted by atomic mass is 9.86. The second-order valence-electron chi connectivity index (χ2n) is 10.1. The highest BCUT2D eigenvalue weighted by molar-refractivity contribution is 5.90. The molecule has 2 heterocycles. The fourth-order valence-corrected chi connectivity index (χ4v) is 5.79. The lowest BCUT2D eigenvalue weighted by Gasteiger charge is -2.42. The monoisotopic (exact) mass is 486 g/mol. The maximum atomic E-state index is 14.1. The van der Waals surface area contributed by atoms with Crippen molar-refractivity contribution in [2.75, 3.05) is 33.8 Å². The van der Waals surface area contributed by atoms with Crippen LogP contribution in [-0.4, -0.2) is 65.9 Å². The summed E-state index contributed by atoms with van der Waals surface area (Å²) in [5.41, 5.74) is 9.09. The van der Waals surface area contributed by atoms with E-state index in [0.29, 0.717) is 38.4 Å². The number of carbonyl (C=O) groups is 1. The van der Waals surface area contributed by atoms with E-state index in [1.807, 2.05) is 17.0 Å². The number of methoxy groups -OCH3 is 1. The minimum atomic E-state index is -0.594. The number of nitrogens with two attached hydrogens (primary N) is 1. The largest absolute Gasteiger partial charge is 0.497 e. The number of nitrogens with zero attached hydrogens (tertiary/aromatic N) is 5. The van der Waals surface area contributed by atoms with Crippen LogP contribution in [0.1, 0.15) is 54.5 Å². The molecular formula is C28H34N6O2. The third-order valence-corrected chi connectivity index (χ3v) is 8.16. The van der Waals surface area contributed by atoms with Crippen LogP contribution < -0.4 is 10.5 Å². The number of likely N-dealkylation sites (tertiary alicyclic amines) is 1. The Morgan fingerprint density at radius 1 is 1.11 bits per heavy atom. The molecule has 1 unspecified atom stereocenters. The smallest absolute Gasteiger partial charge is 0.244 e. The molecular weight excluding hydrogens is 452 g/mol. The van der Waals surface area contributed by atoms with Gasteiger partial charge in [0.1, 0.15) is 17.5 Å². The number of hydrogen-bond acceptors (Lipinski definition) is 5. The molecule has 1 spiro atoms. The molecule has 3 fully saturated rings. The zero-order valence-corrected chi connectivity index (χ0v) is 21.1. The molecule has 36 heavy (non-hydrogen) atoms. The van der Waals surface area contributed by atoms with Crippen LogP contribution in [0.3, 0.4) is 0 Å². The molecule has 1 saturated carbocycles. The molecule has 188 valence electrons. The van der Waals surface area contributed by atoms with Crippen molar-refractivity contribution in [1.82, 2.24) is 14.7 Å². The van der Waals surface area contributed by atoms with Gasteiger partial charge in [-0.2, -0.15) is 5.26 Å². The van der Waals surface area contributed by atoms with Gasteiger partial charge < -0.3 is 20.3 Å². The van der Waals surface area contributed by atoms with Crippen molar-refractivity contribution >= 4 is 11.9 Å². The maximum Gasteiger partial charge on any atom is 0.244 e. The Balaban J connectivity index is 1.40. The van der Waals surface area contributed by atoms with Crippen LogP contribution in [0.2, 0.25) is 0 Å². The Morgan fingerprint density at radius 3 is 2.33 bits per heavy atom. The number of likely N-dealkylation sites (N-methyl/N-ethyl adjacent to an activating group) is 1. The van der Waals surface area contributed by atoms with Gasteiger partial charge in [0.2, 0.25) is 18.1 Å². The number of nitriles is 1. The Morgan fingerprint density at radius 2 is 1.75 bits per heavy atom. The number of benzene rings is 2. The molecule has 2 saturated heterocycles. The summed E-state index contributed by atoms with van der Waals surface area (Å²) in [6.45, 7) is 1.81. The van der Waals surface area contributed by atoms with Crippen molar-refractivity contribution in [2.45, 2.75) is 49.7 Å². The summed E-state index contributed by atoms with van der Waals surface area (Å²) in [6, 6.07) is 16.9. The van der Waals surface area contributed by atoms with Gasteiger partial charge in [-0.3, -0.25) is 9.69 Å². The molecule has 8 nitrogen and oxygen atoms in total. The molecule has 1 amide bonds. The van der Waals surface area contributed by atoms with Crippen LogP contribution >= 0.6 is 0 Å². The van der Waals surface area contributed by atoms with Gasteiger partial charge in [0, 0.05) is 19.6 Å².